The van der Waals surface area contributed by atoms with Gasteiger partial charge < -0.3 is 16.2 Å². The highest BCUT2D eigenvalue weighted by atomic mass is 16.4. The van der Waals surface area contributed by atoms with Crippen molar-refractivity contribution in [3.63, 3.8) is 0 Å². The van der Waals surface area contributed by atoms with Crippen molar-refractivity contribution in [2.45, 2.75) is 46.1 Å². The first-order valence-electron chi connectivity index (χ1n) is 7.50. The molecule has 2 aliphatic rings. The lowest BCUT2D eigenvalue weighted by Crippen LogP contribution is -2.46. The van der Waals surface area contributed by atoms with Crippen molar-refractivity contribution < 1.29 is 9.90 Å². The molecule has 0 aliphatic heterocycles. The molecule has 1 aromatic rings. The number of carbonyl (C=O) groups is 1. The van der Waals surface area contributed by atoms with Crippen LogP contribution in [0.4, 0.5) is 11.5 Å². The number of hydrogen-bond donors (Lipinski definition) is 3. The second kappa shape index (κ2) is 4.36. The van der Waals surface area contributed by atoms with Crippen LogP contribution in [0.3, 0.4) is 0 Å². The second-order valence-corrected chi connectivity index (χ2v) is 7.42. The zero-order valence-corrected chi connectivity index (χ0v) is 12.8. The Kier molecular flexibility index (Phi) is 2.94. The van der Waals surface area contributed by atoms with Crippen molar-refractivity contribution in [1.82, 2.24) is 4.98 Å². The molecule has 0 aromatic carbocycles. The Hall–Kier alpha value is -1.78. The summed E-state index contributed by atoms with van der Waals surface area (Å²) in [5.74, 6) is 0.196. The standard InChI is InChI=1S/C16H23N3O2/c1-15(2)9-4-6-16(3,8-9)14(15)19-12-11(17)10(13(20)21)5-7-18-12/h5,7,9,14H,4,6,8,17H2,1-3H3,(H,18,19)(H,20,21). The quantitative estimate of drug-likeness (QED) is 0.796. The number of carboxylic acids is 1. The van der Waals surface area contributed by atoms with Crippen LogP contribution in [0, 0.1) is 16.7 Å². The van der Waals surface area contributed by atoms with Gasteiger partial charge in [0, 0.05) is 12.2 Å². The van der Waals surface area contributed by atoms with E-state index in [1.54, 1.807) is 0 Å². The Morgan fingerprint density at radius 3 is 2.76 bits per heavy atom. The zero-order chi connectivity index (χ0) is 15.4. The van der Waals surface area contributed by atoms with Gasteiger partial charge in [-0.15, -0.1) is 0 Å². The third kappa shape index (κ3) is 1.98. The lowest BCUT2D eigenvalue weighted by Gasteiger charge is -2.43. The van der Waals surface area contributed by atoms with Crippen molar-refractivity contribution in [2.75, 3.05) is 11.1 Å². The van der Waals surface area contributed by atoms with Crippen LogP contribution in [0.5, 0.6) is 0 Å². The number of aromatic nitrogens is 1. The SMILES string of the molecule is CC12CCC(C1)C(C)(C)C2Nc1nccc(C(=O)O)c1N. The third-order valence-electron chi connectivity index (χ3n) is 5.77. The van der Waals surface area contributed by atoms with Crippen LogP contribution in [-0.4, -0.2) is 22.1 Å². The minimum absolute atomic E-state index is 0.110. The van der Waals surface area contributed by atoms with Gasteiger partial charge in [-0.2, -0.15) is 0 Å². The Labute approximate surface area is 124 Å². The van der Waals surface area contributed by atoms with Crippen molar-refractivity contribution in [3.8, 4) is 0 Å². The molecule has 3 rings (SSSR count). The average Bonchev–Trinajstić information content (AvgIpc) is 2.87. The Morgan fingerprint density at radius 1 is 1.48 bits per heavy atom. The van der Waals surface area contributed by atoms with Crippen LogP contribution >= 0.6 is 0 Å². The summed E-state index contributed by atoms with van der Waals surface area (Å²) < 4.78 is 0. The first-order valence-corrected chi connectivity index (χ1v) is 7.50. The first kappa shape index (κ1) is 14.2. The van der Waals surface area contributed by atoms with E-state index in [4.69, 9.17) is 5.73 Å². The van der Waals surface area contributed by atoms with Gasteiger partial charge in [-0.3, -0.25) is 0 Å². The number of anilines is 2. The Balaban J connectivity index is 1.94. The van der Waals surface area contributed by atoms with Gasteiger partial charge in [-0.05, 0) is 42.1 Å². The number of fused-ring (bicyclic) bond motifs is 2. The fraction of sp³-hybridized carbons (Fsp3) is 0.625. The summed E-state index contributed by atoms with van der Waals surface area (Å²) in [4.78, 5) is 15.5. The number of nitrogens with one attached hydrogen (secondary N) is 1. The smallest absolute Gasteiger partial charge is 0.337 e. The molecule has 4 N–H and O–H groups in total. The summed E-state index contributed by atoms with van der Waals surface area (Å²) in [7, 11) is 0. The third-order valence-corrected chi connectivity index (χ3v) is 5.77. The molecular weight excluding hydrogens is 266 g/mol. The van der Waals surface area contributed by atoms with Crippen molar-refractivity contribution in [1.29, 1.82) is 0 Å². The Bertz CT molecular complexity index is 594. The van der Waals surface area contributed by atoms with Crippen LogP contribution in [-0.2, 0) is 0 Å². The predicted molar refractivity (Wildman–Crippen MR) is 82.2 cm³/mol. The van der Waals surface area contributed by atoms with Crippen LogP contribution in [0.15, 0.2) is 12.3 Å². The maximum Gasteiger partial charge on any atom is 0.337 e. The molecule has 0 saturated heterocycles. The summed E-state index contributed by atoms with van der Waals surface area (Å²) in [6, 6.07) is 1.71. The van der Waals surface area contributed by atoms with Crippen molar-refractivity contribution >= 4 is 17.5 Å². The number of nitrogens with two attached hydrogens (primary N) is 1. The number of pyridine rings is 1. The molecule has 2 saturated carbocycles. The van der Waals surface area contributed by atoms with Gasteiger partial charge in [0.2, 0.25) is 0 Å². The number of rotatable bonds is 3. The maximum atomic E-state index is 11.2. The summed E-state index contributed by atoms with van der Waals surface area (Å²) in [5, 5.41) is 12.6. The van der Waals surface area contributed by atoms with E-state index in [1.165, 1.54) is 31.5 Å². The molecule has 1 heterocycles. The fourth-order valence-electron chi connectivity index (χ4n) is 4.57. The van der Waals surface area contributed by atoms with E-state index in [0.29, 0.717) is 11.7 Å². The molecule has 2 aliphatic carbocycles. The minimum Gasteiger partial charge on any atom is -0.478 e. The van der Waals surface area contributed by atoms with Crippen LogP contribution in [0.1, 0.15) is 50.4 Å². The number of hydrogen-bond acceptors (Lipinski definition) is 4. The molecule has 0 spiro atoms. The molecular formula is C16H23N3O2. The summed E-state index contributed by atoms with van der Waals surface area (Å²) in [5.41, 5.74) is 6.73. The van der Waals surface area contributed by atoms with Crippen molar-refractivity contribution in [2.24, 2.45) is 16.7 Å². The van der Waals surface area contributed by atoms with Gasteiger partial charge in [-0.1, -0.05) is 20.8 Å². The molecule has 3 atom stereocenters. The van der Waals surface area contributed by atoms with Crippen LogP contribution < -0.4 is 11.1 Å². The number of nitrogen functional groups attached to an aromatic ring is 1. The summed E-state index contributed by atoms with van der Waals surface area (Å²) >= 11 is 0. The number of aromatic carboxylic acids is 1. The van der Waals surface area contributed by atoms with Crippen LogP contribution in [0.2, 0.25) is 0 Å². The van der Waals surface area contributed by atoms with E-state index in [-0.39, 0.29) is 28.1 Å². The lowest BCUT2D eigenvalue weighted by molar-refractivity contribution is 0.0698. The predicted octanol–water partition coefficient (Wildman–Crippen LogP) is 2.99. The minimum atomic E-state index is -1.02. The van der Waals surface area contributed by atoms with Gasteiger partial charge in [-0.25, -0.2) is 9.78 Å². The average molecular weight is 289 g/mol. The monoisotopic (exact) mass is 289 g/mol. The summed E-state index contributed by atoms with van der Waals surface area (Å²) in [6.07, 6.45) is 5.21. The molecule has 0 amide bonds. The largest absolute Gasteiger partial charge is 0.478 e. The lowest BCUT2D eigenvalue weighted by atomic mass is 9.68. The Morgan fingerprint density at radius 2 is 2.19 bits per heavy atom. The molecule has 3 unspecified atom stereocenters. The van der Waals surface area contributed by atoms with E-state index in [9.17, 15) is 9.90 Å². The number of carboxylic acid groups (broad SMARTS) is 1. The van der Waals surface area contributed by atoms with Gasteiger partial charge in [0.05, 0.1) is 11.3 Å². The molecule has 1 aromatic heterocycles. The normalized spacial score (nSPS) is 33.1. The molecule has 5 heteroatoms. The van der Waals surface area contributed by atoms with Gasteiger partial charge >= 0.3 is 5.97 Å². The molecule has 5 nitrogen and oxygen atoms in total. The first-order chi connectivity index (χ1) is 9.75. The molecule has 0 radical (unpaired) electrons. The summed E-state index contributed by atoms with van der Waals surface area (Å²) in [6.45, 7) is 6.89. The van der Waals surface area contributed by atoms with E-state index in [0.717, 1.165) is 0 Å². The van der Waals surface area contributed by atoms with E-state index in [2.05, 4.69) is 31.1 Å². The molecule has 21 heavy (non-hydrogen) atoms. The molecule has 114 valence electrons. The van der Waals surface area contributed by atoms with Gasteiger partial charge in [0.15, 0.2) is 0 Å². The highest BCUT2D eigenvalue weighted by Gasteiger charge is 2.59. The second-order valence-electron chi connectivity index (χ2n) is 7.42. The highest BCUT2D eigenvalue weighted by Crippen LogP contribution is 2.63. The molecule has 2 bridgehead atoms. The van der Waals surface area contributed by atoms with Crippen LogP contribution in [0.25, 0.3) is 0 Å². The topological polar surface area (TPSA) is 88.2 Å². The van der Waals surface area contributed by atoms with E-state index >= 15 is 0 Å². The zero-order valence-electron chi connectivity index (χ0n) is 12.8. The van der Waals surface area contributed by atoms with Gasteiger partial charge in [0.1, 0.15) is 5.82 Å². The molecule has 2 fully saturated rings. The van der Waals surface area contributed by atoms with E-state index < -0.39 is 5.97 Å². The van der Waals surface area contributed by atoms with Crippen molar-refractivity contribution in [3.05, 3.63) is 17.8 Å². The number of nitrogens with zero attached hydrogens (tertiary/aromatic N) is 1. The van der Waals surface area contributed by atoms with Gasteiger partial charge in [0.25, 0.3) is 0 Å². The van der Waals surface area contributed by atoms with E-state index in [1.807, 2.05) is 0 Å². The highest BCUT2D eigenvalue weighted by molar-refractivity contribution is 5.96. The fourth-order valence-corrected chi connectivity index (χ4v) is 4.57. The maximum absolute atomic E-state index is 11.2.